The minimum atomic E-state index is -0.399. The molecule has 2 aromatic carbocycles. The molecule has 0 saturated heterocycles. The average molecular weight is 379 g/mol. The Bertz CT molecular complexity index is 793. The zero-order chi connectivity index (χ0) is 19.8. The number of urea groups is 1. The van der Waals surface area contributed by atoms with Crippen LogP contribution in [-0.4, -0.2) is 36.6 Å². The largest absolute Gasteiger partial charge is 0.463 e. The molecule has 3 rings (SSSR count). The lowest BCUT2D eigenvalue weighted by Crippen LogP contribution is -2.46. The van der Waals surface area contributed by atoms with E-state index in [0.29, 0.717) is 37.5 Å². The zero-order valence-electron chi connectivity index (χ0n) is 16.0. The number of amides is 2. The topological polar surface area (TPSA) is 70.7 Å². The second-order valence-electron chi connectivity index (χ2n) is 6.60. The van der Waals surface area contributed by atoms with E-state index in [9.17, 15) is 9.59 Å². The molecule has 0 saturated carbocycles. The number of hydrogen-bond donors (Lipinski definition) is 2. The van der Waals surface area contributed by atoms with E-state index in [1.165, 1.54) is 0 Å². The van der Waals surface area contributed by atoms with Crippen molar-refractivity contribution in [3.05, 3.63) is 83.1 Å². The molecular formula is C22H25N3O3. The molecule has 0 atom stereocenters. The van der Waals surface area contributed by atoms with Crippen LogP contribution < -0.4 is 10.6 Å². The first-order chi connectivity index (χ1) is 13.7. The van der Waals surface area contributed by atoms with Crippen molar-refractivity contribution in [2.75, 3.05) is 19.7 Å². The van der Waals surface area contributed by atoms with E-state index in [4.69, 9.17) is 4.74 Å². The normalized spacial score (nSPS) is 13.9. The molecule has 28 heavy (non-hydrogen) atoms. The maximum absolute atomic E-state index is 12.3. The van der Waals surface area contributed by atoms with Gasteiger partial charge >= 0.3 is 12.0 Å². The number of esters is 1. The van der Waals surface area contributed by atoms with Crippen molar-refractivity contribution in [1.29, 1.82) is 0 Å². The number of nitrogens with one attached hydrogen (secondary N) is 2. The van der Waals surface area contributed by atoms with Crippen LogP contribution in [0.3, 0.4) is 0 Å². The fraction of sp³-hybridized carbons (Fsp3) is 0.273. The van der Waals surface area contributed by atoms with Crippen LogP contribution in [0.2, 0.25) is 0 Å². The van der Waals surface area contributed by atoms with Gasteiger partial charge in [-0.15, -0.1) is 0 Å². The van der Waals surface area contributed by atoms with Gasteiger partial charge in [0.2, 0.25) is 0 Å². The summed E-state index contributed by atoms with van der Waals surface area (Å²) in [6.07, 6.45) is 0. The summed E-state index contributed by atoms with van der Waals surface area (Å²) in [5, 5.41) is 5.44. The fourth-order valence-corrected chi connectivity index (χ4v) is 3.16. The number of benzene rings is 2. The molecule has 0 aliphatic carbocycles. The first-order valence-corrected chi connectivity index (χ1v) is 9.40. The summed E-state index contributed by atoms with van der Waals surface area (Å²) in [6, 6.07) is 20.0. The molecule has 0 bridgehead atoms. The van der Waals surface area contributed by atoms with Crippen LogP contribution in [0.5, 0.6) is 0 Å². The van der Waals surface area contributed by atoms with Gasteiger partial charge in [-0.05, 0) is 18.1 Å². The smallest absolute Gasteiger partial charge is 0.337 e. The van der Waals surface area contributed by atoms with E-state index in [-0.39, 0.29) is 12.6 Å². The SMILES string of the molecule is CCOC(=O)C1=C(CN(Cc2ccccc2)Cc2ccccc2)NC(=O)NC1. The summed E-state index contributed by atoms with van der Waals surface area (Å²) in [6.45, 7) is 4.05. The lowest BCUT2D eigenvalue weighted by atomic mass is 10.1. The van der Waals surface area contributed by atoms with Gasteiger partial charge in [0.25, 0.3) is 0 Å². The molecule has 0 radical (unpaired) electrons. The van der Waals surface area contributed by atoms with Gasteiger partial charge in [0.15, 0.2) is 0 Å². The Hall–Kier alpha value is -3.12. The average Bonchev–Trinajstić information content (AvgIpc) is 2.70. The van der Waals surface area contributed by atoms with Crippen LogP contribution in [0.1, 0.15) is 18.1 Å². The van der Waals surface area contributed by atoms with Gasteiger partial charge in [0.1, 0.15) is 0 Å². The van der Waals surface area contributed by atoms with E-state index in [2.05, 4.69) is 39.8 Å². The minimum Gasteiger partial charge on any atom is -0.463 e. The lowest BCUT2D eigenvalue weighted by molar-refractivity contribution is -0.138. The molecule has 2 amide bonds. The highest BCUT2D eigenvalue weighted by Crippen LogP contribution is 2.15. The Morgan fingerprint density at radius 2 is 1.54 bits per heavy atom. The molecule has 0 spiro atoms. The quantitative estimate of drug-likeness (QED) is 0.692. The third kappa shape index (κ3) is 5.44. The van der Waals surface area contributed by atoms with Crippen LogP contribution in [0.4, 0.5) is 4.79 Å². The highest BCUT2D eigenvalue weighted by molar-refractivity contribution is 5.93. The number of carbonyl (C=O) groups is 2. The summed E-state index contributed by atoms with van der Waals surface area (Å²) >= 11 is 0. The Morgan fingerprint density at radius 3 is 2.07 bits per heavy atom. The van der Waals surface area contributed by atoms with E-state index >= 15 is 0 Å². The van der Waals surface area contributed by atoms with E-state index < -0.39 is 5.97 Å². The predicted octanol–water partition coefficient (Wildman–Crippen LogP) is 2.82. The highest BCUT2D eigenvalue weighted by atomic mass is 16.5. The Kier molecular flexibility index (Phi) is 6.81. The van der Waals surface area contributed by atoms with Crippen molar-refractivity contribution >= 4 is 12.0 Å². The molecular weight excluding hydrogens is 354 g/mol. The van der Waals surface area contributed by atoms with Gasteiger partial charge in [-0.25, -0.2) is 9.59 Å². The number of nitrogens with zero attached hydrogens (tertiary/aromatic N) is 1. The Balaban J connectivity index is 1.85. The van der Waals surface area contributed by atoms with Crippen LogP contribution >= 0.6 is 0 Å². The van der Waals surface area contributed by atoms with Gasteiger partial charge < -0.3 is 15.4 Å². The molecule has 1 heterocycles. The first-order valence-electron chi connectivity index (χ1n) is 9.40. The third-order valence-corrected chi connectivity index (χ3v) is 4.46. The van der Waals surface area contributed by atoms with Crippen molar-refractivity contribution in [2.24, 2.45) is 0 Å². The second-order valence-corrected chi connectivity index (χ2v) is 6.60. The van der Waals surface area contributed by atoms with Crippen LogP contribution in [-0.2, 0) is 22.6 Å². The van der Waals surface area contributed by atoms with Crippen molar-refractivity contribution in [3.8, 4) is 0 Å². The second kappa shape index (κ2) is 9.71. The fourth-order valence-electron chi connectivity index (χ4n) is 3.16. The number of rotatable bonds is 8. The predicted molar refractivity (Wildman–Crippen MR) is 107 cm³/mol. The highest BCUT2D eigenvalue weighted by Gasteiger charge is 2.25. The van der Waals surface area contributed by atoms with Crippen molar-refractivity contribution in [3.63, 3.8) is 0 Å². The molecule has 2 N–H and O–H groups in total. The molecule has 2 aromatic rings. The Morgan fingerprint density at radius 1 is 0.964 bits per heavy atom. The van der Waals surface area contributed by atoms with Crippen LogP contribution in [0.15, 0.2) is 71.9 Å². The monoisotopic (exact) mass is 379 g/mol. The molecule has 0 unspecified atom stereocenters. The van der Waals surface area contributed by atoms with E-state index in [0.717, 1.165) is 11.1 Å². The van der Waals surface area contributed by atoms with Crippen molar-refractivity contribution in [1.82, 2.24) is 15.5 Å². The summed E-state index contributed by atoms with van der Waals surface area (Å²) in [4.78, 5) is 26.4. The molecule has 146 valence electrons. The van der Waals surface area contributed by atoms with Crippen LogP contribution in [0, 0.1) is 0 Å². The standard InChI is InChI=1S/C22H25N3O3/c1-2-28-21(26)19-13-23-22(27)24-20(19)16-25(14-17-9-5-3-6-10-17)15-18-11-7-4-8-12-18/h3-12H,2,13-16H2,1H3,(H2,23,24,27). The van der Waals surface area contributed by atoms with Gasteiger partial charge in [-0.2, -0.15) is 0 Å². The van der Waals surface area contributed by atoms with E-state index in [1.54, 1.807) is 6.92 Å². The third-order valence-electron chi connectivity index (χ3n) is 4.46. The Labute approximate surface area is 165 Å². The van der Waals surface area contributed by atoms with Gasteiger partial charge in [-0.3, -0.25) is 4.90 Å². The maximum Gasteiger partial charge on any atom is 0.337 e. The zero-order valence-corrected chi connectivity index (χ0v) is 16.0. The summed E-state index contributed by atoms with van der Waals surface area (Å²) in [5.74, 6) is -0.399. The number of ether oxygens (including phenoxy) is 1. The lowest BCUT2D eigenvalue weighted by Gasteiger charge is -2.28. The summed E-state index contributed by atoms with van der Waals surface area (Å²) in [5.41, 5.74) is 3.38. The molecule has 0 fully saturated rings. The molecule has 6 heteroatoms. The van der Waals surface area contributed by atoms with Crippen molar-refractivity contribution in [2.45, 2.75) is 20.0 Å². The van der Waals surface area contributed by atoms with Gasteiger partial charge in [0, 0.05) is 25.3 Å². The van der Waals surface area contributed by atoms with Crippen LogP contribution in [0.25, 0.3) is 0 Å². The van der Waals surface area contributed by atoms with E-state index in [1.807, 2.05) is 36.4 Å². The number of carbonyl (C=O) groups excluding carboxylic acids is 2. The molecule has 1 aliphatic heterocycles. The van der Waals surface area contributed by atoms with Gasteiger partial charge in [0.05, 0.1) is 18.7 Å². The molecule has 6 nitrogen and oxygen atoms in total. The maximum atomic E-state index is 12.3. The van der Waals surface area contributed by atoms with Crippen molar-refractivity contribution < 1.29 is 14.3 Å². The summed E-state index contributed by atoms with van der Waals surface area (Å²) < 4.78 is 5.16. The molecule has 0 aromatic heterocycles. The van der Waals surface area contributed by atoms with Gasteiger partial charge in [-0.1, -0.05) is 60.7 Å². The summed E-state index contributed by atoms with van der Waals surface area (Å²) in [7, 11) is 0. The minimum absolute atomic E-state index is 0.171. The first kappa shape index (κ1) is 19.6. The number of hydrogen-bond acceptors (Lipinski definition) is 4. The molecule has 1 aliphatic rings.